The first-order chi connectivity index (χ1) is 10.7. The topological polar surface area (TPSA) is 42.7 Å². The summed E-state index contributed by atoms with van der Waals surface area (Å²) in [5, 5.41) is 1.62. The van der Waals surface area contributed by atoms with Crippen molar-refractivity contribution < 1.29 is 9.15 Å². The van der Waals surface area contributed by atoms with Crippen molar-refractivity contribution in [1.29, 1.82) is 0 Å². The Morgan fingerprint density at radius 2 is 2.00 bits per heavy atom. The number of aryl methyl sites for hydroxylation is 1. The van der Waals surface area contributed by atoms with E-state index in [1.807, 2.05) is 6.07 Å². The number of nitrogens with zero attached hydrogens (tertiary/aromatic N) is 1. The van der Waals surface area contributed by atoms with E-state index < -0.39 is 0 Å². The Labute approximate surface area is 132 Å². The van der Waals surface area contributed by atoms with Crippen molar-refractivity contribution in [2.75, 3.05) is 6.73 Å². The highest BCUT2D eigenvalue weighted by molar-refractivity contribution is 6.33. The van der Waals surface area contributed by atoms with E-state index in [0.717, 1.165) is 47.9 Å². The van der Waals surface area contributed by atoms with Crippen LogP contribution in [0.15, 0.2) is 15.3 Å². The molecule has 2 heterocycles. The third-order valence-electron chi connectivity index (χ3n) is 5.06. The maximum absolute atomic E-state index is 12.3. The molecule has 5 heteroatoms. The molecular formula is C17H16ClNO3. The summed E-state index contributed by atoms with van der Waals surface area (Å²) in [4.78, 5) is 14.6. The lowest BCUT2D eigenvalue weighted by Gasteiger charge is -2.30. The number of ether oxygens (including phenoxy) is 1. The highest BCUT2D eigenvalue weighted by atomic mass is 35.5. The number of benzene rings is 1. The van der Waals surface area contributed by atoms with Gasteiger partial charge in [0, 0.05) is 23.5 Å². The standard InChI is InChI=1S/C17H16ClNO3/c18-14-6-12-10-2-1-3-11(10)17(20)22-15(12)13-7-19(9-4-5-9)8-21-16(13)14/h6,9H,1-5,7-8H2. The van der Waals surface area contributed by atoms with Gasteiger partial charge in [-0.2, -0.15) is 0 Å². The summed E-state index contributed by atoms with van der Waals surface area (Å²) >= 11 is 6.44. The normalized spacial score (nSPS) is 20.8. The van der Waals surface area contributed by atoms with E-state index in [-0.39, 0.29) is 5.63 Å². The molecule has 1 fully saturated rings. The molecule has 1 aromatic carbocycles. The summed E-state index contributed by atoms with van der Waals surface area (Å²) in [6.45, 7) is 1.32. The third kappa shape index (κ3) is 1.77. The van der Waals surface area contributed by atoms with Crippen LogP contribution in [0.2, 0.25) is 5.02 Å². The maximum atomic E-state index is 12.3. The van der Waals surface area contributed by atoms with Crippen molar-refractivity contribution in [1.82, 2.24) is 4.90 Å². The molecule has 5 rings (SSSR count). The van der Waals surface area contributed by atoms with Gasteiger partial charge in [-0.25, -0.2) is 4.79 Å². The van der Waals surface area contributed by atoms with Crippen LogP contribution in [0.1, 0.15) is 36.0 Å². The minimum absolute atomic E-state index is 0.187. The second-order valence-corrected chi connectivity index (χ2v) is 6.90. The summed E-state index contributed by atoms with van der Waals surface area (Å²) in [5.41, 5.74) is 3.38. The van der Waals surface area contributed by atoms with Gasteiger partial charge in [0.2, 0.25) is 0 Å². The second-order valence-electron chi connectivity index (χ2n) is 6.49. The summed E-state index contributed by atoms with van der Waals surface area (Å²) in [5.74, 6) is 0.687. The molecule has 3 aliphatic rings. The Morgan fingerprint density at radius 1 is 1.18 bits per heavy atom. The first kappa shape index (κ1) is 13.0. The average Bonchev–Trinajstić information content (AvgIpc) is 3.25. The quantitative estimate of drug-likeness (QED) is 0.757. The third-order valence-corrected chi connectivity index (χ3v) is 5.34. The number of rotatable bonds is 1. The predicted octanol–water partition coefficient (Wildman–Crippen LogP) is 3.25. The average molecular weight is 318 g/mol. The van der Waals surface area contributed by atoms with Gasteiger partial charge in [-0.15, -0.1) is 0 Å². The van der Waals surface area contributed by atoms with E-state index >= 15 is 0 Å². The molecule has 4 nitrogen and oxygen atoms in total. The van der Waals surface area contributed by atoms with Crippen LogP contribution in [0, 0.1) is 0 Å². The van der Waals surface area contributed by atoms with Crippen molar-refractivity contribution in [3.05, 3.63) is 38.2 Å². The molecule has 0 bridgehead atoms. The van der Waals surface area contributed by atoms with E-state index in [9.17, 15) is 4.79 Å². The van der Waals surface area contributed by atoms with Crippen LogP contribution in [-0.2, 0) is 19.4 Å². The molecular weight excluding hydrogens is 302 g/mol. The van der Waals surface area contributed by atoms with Gasteiger partial charge in [0.25, 0.3) is 0 Å². The SMILES string of the molecule is O=c1oc2c3c(c(Cl)cc2c2c1CCC2)OCN(C1CC1)C3. The van der Waals surface area contributed by atoms with Gasteiger partial charge in [0.1, 0.15) is 18.1 Å². The number of halogens is 1. The minimum Gasteiger partial charge on any atom is -0.476 e. The van der Waals surface area contributed by atoms with E-state index in [1.165, 1.54) is 12.8 Å². The Balaban J connectivity index is 1.78. The summed E-state index contributed by atoms with van der Waals surface area (Å²) < 4.78 is 11.6. The van der Waals surface area contributed by atoms with Crippen molar-refractivity contribution >= 4 is 22.6 Å². The van der Waals surface area contributed by atoms with Gasteiger partial charge < -0.3 is 9.15 Å². The zero-order chi connectivity index (χ0) is 14.8. The highest BCUT2D eigenvalue weighted by Crippen LogP contribution is 2.42. The molecule has 22 heavy (non-hydrogen) atoms. The molecule has 0 N–H and O–H groups in total. The smallest absolute Gasteiger partial charge is 0.339 e. The van der Waals surface area contributed by atoms with Gasteiger partial charge in [0.15, 0.2) is 0 Å². The van der Waals surface area contributed by atoms with Crippen LogP contribution in [0.3, 0.4) is 0 Å². The minimum atomic E-state index is -0.187. The molecule has 0 unspecified atom stereocenters. The van der Waals surface area contributed by atoms with Gasteiger partial charge in [0.05, 0.1) is 10.6 Å². The second kappa shape index (κ2) is 4.49. The first-order valence-corrected chi connectivity index (χ1v) is 8.27. The largest absolute Gasteiger partial charge is 0.476 e. The zero-order valence-electron chi connectivity index (χ0n) is 12.2. The van der Waals surface area contributed by atoms with E-state index in [1.54, 1.807) is 0 Å². The fourth-order valence-corrected chi connectivity index (χ4v) is 4.08. The van der Waals surface area contributed by atoms with Crippen LogP contribution >= 0.6 is 11.6 Å². The van der Waals surface area contributed by atoms with Crippen molar-refractivity contribution in [2.45, 2.75) is 44.7 Å². The summed E-state index contributed by atoms with van der Waals surface area (Å²) in [7, 11) is 0. The zero-order valence-corrected chi connectivity index (χ0v) is 12.9. The van der Waals surface area contributed by atoms with E-state index in [4.69, 9.17) is 20.8 Å². The van der Waals surface area contributed by atoms with Crippen molar-refractivity contribution in [2.24, 2.45) is 0 Å². The van der Waals surface area contributed by atoms with Crippen LogP contribution in [0.25, 0.3) is 11.0 Å². The predicted molar refractivity (Wildman–Crippen MR) is 83.6 cm³/mol. The van der Waals surface area contributed by atoms with Crippen LogP contribution in [0.5, 0.6) is 5.75 Å². The van der Waals surface area contributed by atoms with Crippen molar-refractivity contribution in [3.63, 3.8) is 0 Å². The molecule has 1 saturated carbocycles. The lowest BCUT2D eigenvalue weighted by Crippen LogP contribution is -2.34. The van der Waals surface area contributed by atoms with E-state index in [2.05, 4.69) is 4.90 Å². The van der Waals surface area contributed by atoms with Gasteiger partial charge in [-0.1, -0.05) is 11.6 Å². The molecule has 2 aliphatic carbocycles. The molecule has 2 aromatic rings. The molecule has 1 aliphatic heterocycles. The molecule has 0 saturated heterocycles. The van der Waals surface area contributed by atoms with Crippen LogP contribution in [0.4, 0.5) is 0 Å². The molecule has 1 aromatic heterocycles. The van der Waals surface area contributed by atoms with Crippen LogP contribution < -0.4 is 10.4 Å². The first-order valence-electron chi connectivity index (χ1n) is 7.89. The molecule has 0 amide bonds. The van der Waals surface area contributed by atoms with Gasteiger partial charge in [-0.3, -0.25) is 4.90 Å². The Kier molecular flexibility index (Phi) is 2.65. The Hall–Kier alpha value is -1.52. The number of fused-ring (bicyclic) bond motifs is 5. The number of hydrogen-bond acceptors (Lipinski definition) is 4. The summed E-state index contributed by atoms with van der Waals surface area (Å²) in [6.07, 6.45) is 5.19. The fraction of sp³-hybridized carbons (Fsp3) is 0.471. The van der Waals surface area contributed by atoms with Crippen molar-refractivity contribution in [3.8, 4) is 5.75 Å². The Bertz CT molecular complexity index is 853. The molecule has 114 valence electrons. The van der Waals surface area contributed by atoms with E-state index in [0.29, 0.717) is 29.1 Å². The lowest BCUT2D eigenvalue weighted by molar-refractivity contribution is 0.0886. The fourth-order valence-electron chi connectivity index (χ4n) is 3.80. The molecule has 0 radical (unpaired) electrons. The Morgan fingerprint density at radius 3 is 2.82 bits per heavy atom. The molecule has 0 atom stereocenters. The van der Waals surface area contributed by atoms with Gasteiger partial charge >= 0.3 is 5.63 Å². The number of hydrogen-bond donors (Lipinski definition) is 0. The lowest BCUT2D eigenvalue weighted by atomic mass is 10.0. The maximum Gasteiger partial charge on any atom is 0.339 e. The monoisotopic (exact) mass is 317 g/mol. The van der Waals surface area contributed by atoms with Crippen LogP contribution in [-0.4, -0.2) is 17.7 Å². The molecule has 0 spiro atoms. The highest BCUT2D eigenvalue weighted by Gasteiger charge is 2.34. The van der Waals surface area contributed by atoms with Gasteiger partial charge in [-0.05, 0) is 43.7 Å². The summed E-state index contributed by atoms with van der Waals surface area (Å²) in [6, 6.07) is 2.51.